The molecule has 0 bridgehead atoms. The molecule has 0 amide bonds. The van der Waals surface area contributed by atoms with E-state index in [0.717, 1.165) is 0 Å². The Labute approximate surface area is 91.4 Å². The van der Waals surface area contributed by atoms with Gasteiger partial charge in [-0.25, -0.2) is 4.79 Å². The van der Waals surface area contributed by atoms with Gasteiger partial charge < -0.3 is 9.84 Å². The number of Topliss-reactive ketones (excluding diaryl/α,β-unsaturated/α-hetero) is 1. The molecule has 4 nitrogen and oxygen atoms in total. The van der Waals surface area contributed by atoms with E-state index >= 15 is 0 Å². The molecular weight excluding hydrogens is 220 g/mol. The standard InChI is InChI=1S/C10H9ClO4/c1-6(12)5-15-9-4-7(11)2-3-8(9)10(13)14/h2-4H,5H2,1H3,(H,13,14). The van der Waals surface area contributed by atoms with E-state index in [1.54, 1.807) is 0 Å². The third-order valence-corrected chi connectivity index (χ3v) is 1.84. The molecule has 1 aromatic carbocycles. The van der Waals surface area contributed by atoms with E-state index in [9.17, 15) is 9.59 Å². The fourth-order valence-corrected chi connectivity index (χ4v) is 1.13. The summed E-state index contributed by atoms with van der Waals surface area (Å²) < 4.78 is 5.03. The summed E-state index contributed by atoms with van der Waals surface area (Å²) >= 11 is 5.68. The third-order valence-electron chi connectivity index (χ3n) is 1.61. The summed E-state index contributed by atoms with van der Waals surface area (Å²) in [5, 5.41) is 9.17. The normalized spacial score (nSPS) is 9.73. The van der Waals surface area contributed by atoms with Crippen LogP contribution >= 0.6 is 11.6 Å². The smallest absolute Gasteiger partial charge is 0.339 e. The molecule has 0 spiro atoms. The monoisotopic (exact) mass is 228 g/mol. The Morgan fingerprint density at radius 3 is 2.67 bits per heavy atom. The van der Waals surface area contributed by atoms with Crippen molar-refractivity contribution in [3.05, 3.63) is 28.8 Å². The van der Waals surface area contributed by atoms with Crippen LogP contribution in [0.1, 0.15) is 17.3 Å². The van der Waals surface area contributed by atoms with Crippen LogP contribution in [0.5, 0.6) is 5.75 Å². The van der Waals surface area contributed by atoms with E-state index in [2.05, 4.69) is 0 Å². The first kappa shape index (κ1) is 11.5. The molecule has 1 rings (SSSR count). The first-order valence-electron chi connectivity index (χ1n) is 4.16. The number of aromatic carboxylic acids is 1. The maximum Gasteiger partial charge on any atom is 0.339 e. The van der Waals surface area contributed by atoms with Crippen LogP contribution in [0.15, 0.2) is 18.2 Å². The van der Waals surface area contributed by atoms with E-state index in [4.69, 9.17) is 21.4 Å². The number of carboxylic acids is 1. The number of carbonyl (C=O) groups excluding carboxylic acids is 1. The summed E-state index contributed by atoms with van der Waals surface area (Å²) in [6, 6.07) is 4.15. The van der Waals surface area contributed by atoms with Gasteiger partial charge in [0.25, 0.3) is 0 Å². The van der Waals surface area contributed by atoms with Crippen molar-refractivity contribution in [3.63, 3.8) is 0 Å². The molecule has 5 heteroatoms. The summed E-state index contributed by atoms with van der Waals surface area (Å²) in [5.41, 5.74) is -0.0133. The second-order valence-electron chi connectivity index (χ2n) is 2.94. The molecule has 0 saturated carbocycles. The van der Waals surface area contributed by atoms with Gasteiger partial charge in [-0.3, -0.25) is 4.79 Å². The van der Waals surface area contributed by atoms with Crippen molar-refractivity contribution in [2.75, 3.05) is 6.61 Å². The molecule has 1 N–H and O–H groups in total. The van der Waals surface area contributed by atoms with Crippen molar-refractivity contribution >= 4 is 23.4 Å². The highest BCUT2D eigenvalue weighted by atomic mass is 35.5. The number of benzene rings is 1. The van der Waals surface area contributed by atoms with Crippen LogP contribution in [0.2, 0.25) is 5.02 Å². The molecule has 1 aromatic rings. The van der Waals surface area contributed by atoms with Gasteiger partial charge in [-0.15, -0.1) is 0 Å². The molecular formula is C10H9ClO4. The molecule has 0 aliphatic rings. The number of ether oxygens (including phenoxy) is 1. The molecule has 15 heavy (non-hydrogen) atoms. The average molecular weight is 229 g/mol. The zero-order valence-corrected chi connectivity index (χ0v) is 8.75. The van der Waals surface area contributed by atoms with E-state index in [0.29, 0.717) is 5.02 Å². The van der Waals surface area contributed by atoms with Gasteiger partial charge in [0.1, 0.15) is 17.9 Å². The minimum atomic E-state index is -1.12. The van der Waals surface area contributed by atoms with Crippen molar-refractivity contribution in [1.82, 2.24) is 0 Å². The Hall–Kier alpha value is -1.55. The molecule has 0 fully saturated rings. The first-order valence-corrected chi connectivity index (χ1v) is 4.53. The van der Waals surface area contributed by atoms with Crippen LogP contribution < -0.4 is 4.74 Å². The SMILES string of the molecule is CC(=O)COc1cc(Cl)ccc1C(=O)O. The van der Waals surface area contributed by atoms with Crippen molar-refractivity contribution in [1.29, 1.82) is 0 Å². The molecule has 0 aliphatic carbocycles. The Kier molecular flexibility index (Phi) is 3.68. The van der Waals surface area contributed by atoms with Crippen LogP contribution in [0.3, 0.4) is 0 Å². The Morgan fingerprint density at radius 1 is 1.47 bits per heavy atom. The third kappa shape index (κ3) is 3.25. The lowest BCUT2D eigenvalue weighted by molar-refractivity contribution is -0.118. The predicted molar refractivity (Wildman–Crippen MR) is 54.6 cm³/mol. The fourth-order valence-electron chi connectivity index (χ4n) is 0.972. The van der Waals surface area contributed by atoms with Crippen molar-refractivity contribution in [2.45, 2.75) is 6.92 Å². The van der Waals surface area contributed by atoms with Crippen LogP contribution in [-0.2, 0) is 4.79 Å². The Bertz CT molecular complexity index is 400. The number of hydrogen-bond donors (Lipinski definition) is 1. The van der Waals surface area contributed by atoms with Crippen molar-refractivity contribution in [2.24, 2.45) is 0 Å². The molecule has 0 aromatic heterocycles. The second-order valence-corrected chi connectivity index (χ2v) is 3.37. The van der Waals surface area contributed by atoms with Gasteiger partial charge in [-0.05, 0) is 25.1 Å². The molecule has 0 heterocycles. The fraction of sp³-hybridized carbons (Fsp3) is 0.200. The second kappa shape index (κ2) is 4.79. The maximum atomic E-state index is 10.8. The largest absolute Gasteiger partial charge is 0.485 e. The summed E-state index contributed by atoms with van der Waals surface area (Å²) in [6.45, 7) is 1.19. The van der Waals surface area contributed by atoms with E-state index < -0.39 is 5.97 Å². The topological polar surface area (TPSA) is 63.6 Å². The summed E-state index contributed by atoms with van der Waals surface area (Å²) in [5.74, 6) is -1.21. The number of carbonyl (C=O) groups is 2. The van der Waals surface area contributed by atoms with Crippen molar-refractivity contribution in [3.8, 4) is 5.75 Å². The van der Waals surface area contributed by atoms with Gasteiger partial charge in [0.2, 0.25) is 0 Å². The minimum Gasteiger partial charge on any atom is -0.485 e. The maximum absolute atomic E-state index is 10.8. The zero-order chi connectivity index (χ0) is 11.4. The highest BCUT2D eigenvalue weighted by Gasteiger charge is 2.12. The molecule has 80 valence electrons. The highest BCUT2D eigenvalue weighted by molar-refractivity contribution is 6.30. The van der Waals surface area contributed by atoms with E-state index in [1.807, 2.05) is 0 Å². The number of ketones is 1. The predicted octanol–water partition coefficient (Wildman–Crippen LogP) is 2.01. The molecule has 0 saturated heterocycles. The molecule has 0 unspecified atom stereocenters. The van der Waals surface area contributed by atoms with Gasteiger partial charge in [-0.1, -0.05) is 11.6 Å². The van der Waals surface area contributed by atoms with Crippen LogP contribution in [-0.4, -0.2) is 23.5 Å². The van der Waals surface area contributed by atoms with Gasteiger partial charge in [0.05, 0.1) is 0 Å². The molecule has 0 aliphatic heterocycles. The van der Waals surface area contributed by atoms with E-state index in [1.165, 1.54) is 25.1 Å². The number of hydrogen-bond acceptors (Lipinski definition) is 3. The quantitative estimate of drug-likeness (QED) is 0.856. The highest BCUT2D eigenvalue weighted by Crippen LogP contribution is 2.23. The molecule has 0 atom stereocenters. The average Bonchev–Trinajstić information content (AvgIpc) is 2.14. The number of rotatable bonds is 4. The lowest BCUT2D eigenvalue weighted by Gasteiger charge is -2.07. The summed E-state index contributed by atoms with van der Waals surface area (Å²) in [6.07, 6.45) is 0. The van der Waals surface area contributed by atoms with Gasteiger partial charge in [0.15, 0.2) is 5.78 Å². The summed E-state index contributed by atoms with van der Waals surface area (Å²) in [4.78, 5) is 21.4. The lowest BCUT2D eigenvalue weighted by atomic mass is 10.2. The summed E-state index contributed by atoms with van der Waals surface area (Å²) in [7, 11) is 0. The van der Waals surface area contributed by atoms with Gasteiger partial charge >= 0.3 is 5.97 Å². The van der Waals surface area contributed by atoms with Gasteiger partial charge in [-0.2, -0.15) is 0 Å². The van der Waals surface area contributed by atoms with Crippen LogP contribution in [0.4, 0.5) is 0 Å². The van der Waals surface area contributed by atoms with Crippen LogP contribution in [0, 0.1) is 0 Å². The van der Waals surface area contributed by atoms with Crippen LogP contribution in [0.25, 0.3) is 0 Å². The van der Waals surface area contributed by atoms with E-state index in [-0.39, 0.29) is 23.7 Å². The number of carboxylic acid groups (broad SMARTS) is 1. The zero-order valence-electron chi connectivity index (χ0n) is 7.99. The first-order chi connectivity index (χ1) is 7.00. The molecule has 0 radical (unpaired) electrons. The van der Waals surface area contributed by atoms with Gasteiger partial charge in [0, 0.05) is 5.02 Å². The number of halogens is 1. The van der Waals surface area contributed by atoms with Crippen molar-refractivity contribution < 1.29 is 19.4 Å². The lowest BCUT2D eigenvalue weighted by Crippen LogP contribution is -2.09. The minimum absolute atomic E-state index is 0.0133. The Balaban J connectivity index is 2.96. The Morgan fingerprint density at radius 2 is 2.13 bits per heavy atom.